The van der Waals surface area contributed by atoms with E-state index in [2.05, 4.69) is 5.32 Å². The highest BCUT2D eigenvalue weighted by atomic mass is 19.4. The van der Waals surface area contributed by atoms with Crippen molar-refractivity contribution >= 4 is 17.3 Å². The van der Waals surface area contributed by atoms with Crippen LogP contribution in [-0.2, 0) is 11.0 Å². The van der Waals surface area contributed by atoms with Crippen molar-refractivity contribution in [3.8, 4) is 6.07 Å². The minimum Gasteiger partial charge on any atom is -0.366 e. The van der Waals surface area contributed by atoms with E-state index in [1.807, 2.05) is 6.07 Å². The van der Waals surface area contributed by atoms with E-state index in [9.17, 15) is 28.1 Å². The summed E-state index contributed by atoms with van der Waals surface area (Å²) in [6, 6.07) is 4.17. The summed E-state index contributed by atoms with van der Waals surface area (Å²) in [5, 5.41) is 22.6. The minimum absolute atomic E-state index is 0.115. The fraction of sp³-hybridized carbons (Fsp3) is 0.529. The Hall–Kier alpha value is -2.83. The molecular formula is C17H19F3N4O3. The molecule has 0 bridgehead atoms. The number of nitrogens with zero attached hydrogens (tertiary/aromatic N) is 3. The van der Waals surface area contributed by atoms with Crippen molar-refractivity contribution in [1.29, 1.82) is 5.26 Å². The van der Waals surface area contributed by atoms with Crippen LogP contribution in [0.3, 0.4) is 0 Å². The van der Waals surface area contributed by atoms with Gasteiger partial charge in [0.1, 0.15) is 5.69 Å². The van der Waals surface area contributed by atoms with Crippen LogP contribution in [0.25, 0.3) is 0 Å². The molecule has 1 heterocycles. The fourth-order valence-corrected chi connectivity index (χ4v) is 3.04. The zero-order chi connectivity index (χ0) is 20.2. The summed E-state index contributed by atoms with van der Waals surface area (Å²) in [7, 11) is 0. The molecule has 1 aliphatic heterocycles. The highest BCUT2D eigenvalue weighted by Crippen LogP contribution is 2.37. The van der Waals surface area contributed by atoms with Gasteiger partial charge in [0, 0.05) is 31.1 Å². The van der Waals surface area contributed by atoms with E-state index >= 15 is 0 Å². The molecule has 1 aromatic rings. The smallest absolute Gasteiger partial charge is 0.366 e. The van der Waals surface area contributed by atoms with Gasteiger partial charge < -0.3 is 10.2 Å². The number of halogens is 3. The van der Waals surface area contributed by atoms with E-state index in [1.54, 1.807) is 11.8 Å². The number of nitro groups is 1. The topological polar surface area (TPSA) is 99.3 Å². The first kappa shape index (κ1) is 20.5. The number of nitrogens with one attached hydrogen (secondary N) is 1. The maximum Gasteiger partial charge on any atom is 0.416 e. The molecule has 0 aromatic heterocycles. The van der Waals surface area contributed by atoms with Crippen LogP contribution < -0.4 is 10.2 Å². The molecule has 1 saturated heterocycles. The van der Waals surface area contributed by atoms with Crippen molar-refractivity contribution in [1.82, 2.24) is 5.32 Å². The molecule has 0 aliphatic carbocycles. The Morgan fingerprint density at radius 3 is 2.59 bits per heavy atom. The van der Waals surface area contributed by atoms with Crippen molar-refractivity contribution in [2.75, 3.05) is 18.0 Å². The lowest BCUT2D eigenvalue weighted by Crippen LogP contribution is -2.43. The third-order valence-electron chi connectivity index (χ3n) is 4.49. The number of nitriles is 1. The van der Waals surface area contributed by atoms with Gasteiger partial charge in [-0.25, -0.2) is 0 Å². The Morgan fingerprint density at radius 2 is 2.07 bits per heavy atom. The summed E-state index contributed by atoms with van der Waals surface area (Å²) in [6.45, 7) is 2.36. The SMILES string of the molecule is C[C@H](CC#N)NC(=O)C1CCN(c2ccc(C(F)(F)F)cc2[N+](=O)[O-])CC1. The molecule has 7 nitrogen and oxygen atoms in total. The van der Waals surface area contributed by atoms with E-state index in [-0.39, 0.29) is 30.0 Å². The van der Waals surface area contributed by atoms with E-state index in [0.717, 1.165) is 12.1 Å². The monoisotopic (exact) mass is 384 g/mol. The van der Waals surface area contributed by atoms with Gasteiger partial charge in [-0.1, -0.05) is 0 Å². The number of amides is 1. The minimum atomic E-state index is -4.66. The first-order valence-electron chi connectivity index (χ1n) is 8.41. The maximum absolute atomic E-state index is 12.8. The molecule has 1 atom stereocenters. The molecule has 0 unspecified atom stereocenters. The van der Waals surface area contributed by atoms with Crippen LogP contribution in [0.5, 0.6) is 0 Å². The largest absolute Gasteiger partial charge is 0.416 e. The van der Waals surface area contributed by atoms with Gasteiger partial charge >= 0.3 is 6.18 Å². The second-order valence-electron chi connectivity index (χ2n) is 6.49. The van der Waals surface area contributed by atoms with Gasteiger partial charge in [-0.15, -0.1) is 0 Å². The Bertz CT molecular complexity index is 753. The lowest BCUT2D eigenvalue weighted by atomic mass is 9.94. The van der Waals surface area contributed by atoms with E-state index in [0.29, 0.717) is 32.0 Å². The van der Waals surface area contributed by atoms with Crippen LogP contribution in [0.1, 0.15) is 31.7 Å². The molecule has 1 amide bonds. The standard InChI is InChI=1S/C17H19F3N4O3/c1-11(4-7-21)22-16(25)12-5-8-23(9-6-12)14-3-2-13(17(18,19)20)10-15(14)24(26)27/h2-3,10-12H,4-6,8-9H2,1H3,(H,22,25)/t11-/m1/s1. The number of hydrogen-bond acceptors (Lipinski definition) is 5. The van der Waals surface area contributed by atoms with Gasteiger partial charge in [-0.3, -0.25) is 14.9 Å². The first-order valence-corrected chi connectivity index (χ1v) is 8.41. The van der Waals surface area contributed by atoms with E-state index in [1.165, 1.54) is 0 Å². The van der Waals surface area contributed by atoms with E-state index < -0.39 is 22.4 Å². The molecule has 1 aliphatic rings. The molecule has 27 heavy (non-hydrogen) atoms. The maximum atomic E-state index is 12.8. The Labute approximate surface area is 153 Å². The molecule has 1 aromatic carbocycles. The molecule has 10 heteroatoms. The average molecular weight is 384 g/mol. The normalized spacial score (nSPS) is 16.5. The molecule has 1 fully saturated rings. The number of benzene rings is 1. The Morgan fingerprint density at radius 1 is 1.44 bits per heavy atom. The number of rotatable bonds is 5. The third kappa shape index (κ3) is 5.09. The second kappa shape index (κ2) is 8.24. The van der Waals surface area contributed by atoms with Gasteiger partial charge in [-0.05, 0) is 31.9 Å². The first-order chi connectivity index (χ1) is 12.6. The van der Waals surface area contributed by atoms with Crippen LogP contribution in [0.2, 0.25) is 0 Å². The van der Waals surface area contributed by atoms with Gasteiger partial charge in [0.15, 0.2) is 0 Å². The summed E-state index contributed by atoms with van der Waals surface area (Å²) in [5.74, 6) is -0.477. The fourth-order valence-electron chi connectivity index (χ4n) is 3.04. The van der Waals surface area contributed by atoms with Crippen molar-refractivity contribution in [3.63, 3.8) is 0 Å². The number of nitro benzene ring substituents is 1. The average Bonchev–Trinajstić information content (AvgIpc) is 2.60. The van der Waals surface area contributed by atoms with Gasteiger partial charge in [0.25, 0.3) is 5.69 Å². The van der Waals surface area contributed by atoms with Crippen molar-refractivity contribution in [2.45, 2.75) is 38.4 Å². The van der Waals surface area contributed by atoms with Crippen molar-refractivity contribution < 1.29 is 22.9 Å². The van der Waals surface area contributed by atoms with Gasteiger partial charge in [0.05, 0.1) is 23.0 Å². The molecule has 0 radical (unpaired) electrons. The number of carbonyl (C=O) groups excluding carboxylic acids is 1. The summed E-state index contributed by atoms with van der Waals surface area (Å²) in [4.78, 5) is 24.2. The Balaban J connectivity index is 2.08. The quantitative estimate of drug-likeness (QED) is 0.621. The third-order valence-corrected chi connectivity index (χ3v) is 4.49. The molecule has 0 spiro atoms. The molecule has 1 N–H and O–H groups in total. The summed E-state index contributed by atoms with van der Waals surface area (Å²) < 4.78 is 38.4. The molecule has 146 valence electrons. The van der Waals surface area contributed by atoms with Crippen molar-refractivity contribution in [3.05, 3.63) is 33.9 Å². The summed E-state index contributed by atoms with van der Waals surface area (Å²) in [5.41, 5.74) is -1.56. The van der Waals surface area contributed by atoms with Crippen LogP contribution in [-0.4, -0.2) is 30.0 Å². The molecule has 2 rings (SSSR count). The highest BCUT2D eigenvalue weighted by Gasteiger charge is 2.35. The Kier molecular flexibility index (Phi) is 6.25. The van der Waals surface area contributed by atoms with E-state index in [4.69, 9.17) is 5.26 Å². The lowest BCUT2D eigenvalue weighted by molar-refractivity contribution is -0.384. The van der Waals surface area contributed by atoms with Crippen LogP contribution in [0.4, 0.5) is 24.5 Å². The summed E-state index contributed by atoms with van der Waals surface area (Å²) in [6.07, 6.45) is -3.62. The summed E-state index contributed by atoms with van der Waals surface area (Å²) >= 11 is 0. The lowest BCUT2D eigenvalue weighted by Gasteiger charge is -2.33. The number of piperidine rings is 1. The molecule has 0 saturated carbocycles. The van der Waals surface area contributed by atoms with Gasteiger partial charge in [-0.2, -0.15) is 18.4 Å². The zero-order valence-corrected chi connectivity index (χ0v) is 14.6. The van der Waals surface area contributed by atoms with Crippen LogP contribution >= 0.6 is 0 Å². The van der Waals surface area contributed by atoms with Crippen LogP contribution in [0, 0.1) is 27.4 Å². The predicted molar refractivity (Wildman–Crippen MR) is 90.9 cm³/mol. The zero-order valence-electron chi connectivity index (χ0n) is 14.6. The van der Waals surface area contributed by atoms with Crippen LogP contribution in [0.15, 0.2) is 18.2 Å². The van der Waals surface area contributed by atoms with Crippen molar-refractivity contribution in [2.24, 2.45) is 5.92 Å². The predicted octanol–water partition coefficient (Wildman–Crippen LogP) is 3.25. The number of hydrogen-bond donors (Lipinski definition) is 1. The second-order valence-corrected chi connectivity index (χ2v) is 6.49. The number of alkyl halides is 3. The number of anilines is 1. The number of carbonyl (C=O) groups is 1. The van der Waals surface area contributed by atoms with Gasteiger partial charge in [0.2, 0.25) is 5.91 Å². The highest BCUT2D eigenvalue weighted by molar-refractivity contribution is 5.79. The molecular weight excluding hydrogens is 365 g/mol.